The third-order valence-corrected chi connectivity index (χ3v) is 13.2. The fourth-order valence-electron chi connectivity index (χ4n) is 10.8. The summed E-state index contributed by atoms with van der Waals surface area (Å²) in [6.07, 6.45) is 21.1. The number of nitrogens with one attached hydrogen (secondary N) is 7. The van der Waals surface area contributed by atoms with Crippen LogP contribution in [0.1, 0.15) is 117 Å². The summed E-state index contributed by atoms with van der Waals surface area (Å²) in [5.74, 6) is 0. The van der Waals surface area contributed by atoms with Crippen molar-refractivity contribution in [3.8, 4) is 0 Å². The summed E-state index contributed by atoms with van der Waals surface area (Å²) in [7, 11) is 0. The number of hydrogen-bond donors (Lipinski definition) is 7. The van der Waals surface area contributed by atoms with Gasteiger partial charge in [-0.3, -0.25) is 4.99 Å². The minimum Gasteiger partial charge on any atom is -0.310 e. The van der Waals surface area contributed by atoms with Gasteiger partial charge in [-0.2, -0.15) is 0 Å². The summed E-state index contributed by atoms with van der Waals surface area (Å²) >= 11 is 0. The second kappa shape index (κ2) is 12.3. The van der Waals surface area contributed by atoms with Crippen molar-refractivity contribution in [1.82, 2.24) is 37.2 Å². The van der Waals surface area contributed by atoms with Crippen molar-refractivity contribution in [1.29, 1.82) is 0 Å². The Bertz CT molecular complexity index is 973. The lowest BCUT2D eigenvalue weighted by atomic mass is 10.0. The predicted octanol–water partition coefficient (Wildman–Crippen LogP) is 2.47. The van der Waals surface area contributed by atoms with Crippen molar-refractivity contribution in [2.24, 2.45) is 4.99 Å². The molecule has 0 aromatic heterocycles. The predicted molar refractivity (Wildman–Crippen MR) is 171 cm³/mol. The van der Waals surface area contributed by atoms with Crippen LogP contribution < -0.4 is 37.2 Å². The third-order valence-electron chi connectivity index (χ3n) is 13.2. The van der Waals surface area contributed by atoms with Crippen molar-refractivity contribution in [3.63, 3.8) is 0 Å². The van der Waals surface area contributed by atoms with E-state index in [1.807, 2.05) is 0 Å². The highest BCUT2D eigenvalue weighted by atomic mass is 15.2. The Balaban J connectivity index is 0.776. The molecule has 0 aliphatic carbocycles. The lowest BCUT2D eigenvalue weighted by molar-refractivity contribution is 0.344. The molecule has 0 saturated carbocycles. The van der Waals surface area contributed by atoms with Crippen LogP contribution in [0.4, 0.5) is 0 Å². The van der Waals surface area contributed by atoms with Gasteiger partial charge in [-0.25, -0.2) is 0 Å². The molecule has 15 atom stereocenters. The molecule has 0 amide bonds. The zero-order valence-electron chi connectivity index (χ0n) is 26.4. The van der Waals surface area contributed by atoms with E-state index in [2.05, 4.69) is 51.1 Å². The number of aliphatic imine (C=N–C) groups is 1. The van der Waals surface area contributed by atoms with Gasteiger partial charge < -0.3 is 37.2 Å². The third kappa shape index (κ3) is 5.88. The molecular formula is C34H60N8. The summed E-state index contributed by atoms with van der Waals surface area (Å²) in [6, 6.07) is 9.57. The molecule has 0 aromatic carbocycles. The standard InChI is InChI=1S/C34H60N8/c1-19-3-5-21(35-19)23-7-9-25(37-23)27-11-13-29(39-27)31-15-17-33(41-31)34-18-16-32(42-34)30-14-12-28(40-30)26-10-8-24(38-26)22-6-4-20(2)36-22/h19-23,25-37,39-42H,3-18H2,1-2H3. The first-order valence-corrected chi connectivity index (χ1v) is 18.4. The number of rotatable bonds is 7. The lowest BCUT2D eigenvalue weighted by Crippen LogP contribution is -2.54. The second-order valence-electron chi connectivity index (χ2n) is 16.0. The first-order valence-electron chi connectivity index (χ1n) is 18.4. The second-order valence-corrected chi connectivity index (χ2v) is 16.0. The smallest absolute Gasteiger partial charge is 0.0656 e. The molecule has 7 N–H and O–H groups in total. The maximum Gasteiger partial charge on any atom is 0.0656 e. The molecule has 15 unspecified atom stereocenters. The number of nitrogens with zero attached hydrogens (tertiary/aromatic N) is 1. The molecule has 7 saturated heterocycles. The summed E-state index contributed by atoms with van der Waals surface area (Å²) < 4.78 is 0. The van der Waals surface area contributed by atoms with Gasteiger partial charge in [0.05, 0.1) is 6.04 Å². The Morgan fingerprint density at radius 1 is 0.381 bits per heavy atom. The Morgan fingerprint density at radius 3 is 1.14 bits per heavy atom. The highest BCUT2D eigenvalue weighted by Crippen LogP contribution is 2.34. The molecule has 8 aliphatic heterocycles. The van der Waals surface area contributed by atoms with E-state index in [9.17, 15) is 0 Å². The fraction of sp³-hybridized carbons (Fsp3) is 0.971. The minimum atomic E-state index is 0.508. The molecule has 8 nitrogen and oxygen atoms in total. The largest absolute Gasteiger partial charge is 0.310 e. The zero-order chi connectivity index (χ0) is 28.2. The molecule has 0 aromatic rings. The average Bonchev–Trinajstić information content (AvgIpc) is 3.81. The zero-order valence-corrected chi connectivity index (χ0v) is 26.4. The van der Waals surface area contributed by atoms with Gasteiger partial charge in [0.1, 0.15) is 0 Å². The molecular weight excluding hydrogens is 520 g/mol. The van der Waals surface area contributed by atoms with Crippen molar-refractivity contribution in [2.45, 2.75) is 207 Å². The Hall–Kier alpha value is -0.610. The van der Waals surface area contributed by atoms with Gasteiger partial charge in [0.15, 0.2) is 0 Å². The fourth-order valence-corrected chi connectivity index (χ4v) is 10.8. The van der Waals surface area contributed by atoms with Crippen LogP contribution in [0.25, 0.3) is 0 Å². The summed E-state index contributed by atoms with van der Waals surface area (Å²) in [5, 5.41) is 28.1. The highest BCUT2D eigenvalue weighted by molar-refractivity contribution is 5.91. The average molecular weight is 581 g/mol. The van der Waals surface area contributed by atoms with Crippen LogP contribution in [0.3, 0.4) is 0 Å². The Morgan fingerprint density at radius 2 is 0.738 bits per heavy atom. The molecule has 236 valence electrons. The number of hydrogen-bond acceptors (Lipinski definition) is 8. The van der Waals surface area contributed by atoms with Gasteiger partial charge in [-0.15, -0.1) is 0 Å². The lowest BCUT2D eigenvalue weighted by Gasteiger charge is -2.28. The van der Waals surface area contributed by atoms with Crippen LogP contribution in [-0.2, 0) is 0 Å². The van der Waals surface area contributed by atoms with Crippen LogP contribution in [0.5, 0.6) is 0 Å². The van der Waals surface area contributed by atoms with E-state index < -0.39 is 0 Å². The van der Waals surface area contributed by atoms with Crippen molar-refractivity contribution in [2.75, 3.05) is 0 Å². The molecule has 8 heteroatoms. The van der Waals surface area contributed by atoms with E-state index in [0.29, 0.717) is 90.6 Å². The van der Waals surface area contributed by atoms with E-state index in [0.717, 1.165) is 0 Å². The van der Waals surface area contributed by atoms with E-state index >= 15 is 0 Å². The topological polar surface area (TPSA) is 96.6 Å². The molecule has 8 aliphatic rings. The Kier molecular flexibility index (Phi) is 8.44. The normalized spacial score (nSPS) is 53.1. The van der Waals surface area contributed by atoms with Crippen LogP contribution in [0.15, 0.2) is 4.99 Å². The van der Waals surface area contributed by atoms with Crippen LogP contribution in [-0.4, -0.2) is 96.3 Å². The van der Waals surface area contributed by atoms with E-state index in [-0.39, 0.29) is 0 Å². The monoisotopic (exact) mass is 580 g/mol. The highest BCUT2D eigenvalue weighted by Gasteiger charge is 2.45. The molecule has 7 fully saturated rings. The van der Waals surface area contributed by atoms with Gasteiger partial charge in [0.25, 0.3) is 0 Å². The SMILES string of the molecule is CC1CCC(C2=NC(C3CCC(C4CCC(C5CCC(C6CCC(C7CCC(C8CCC(C)N8)N7)N6)N5)N4)N3)CC2)N1. The van der Waals surface area contributed by atoms with Gasteiger partial charge in [-0.1, -0.05) is 0 Å². The minimum absolute atomic E-state index is 0.508. The van der Waals surface area contributed by atoms with Crippen molar-refractivity contribution in [3.05, 3.63) is 0 Å². The molecule has 0 bridgehead atoms. The molecule has 0 spiro atoms. The summed E-state index contributed by atoms with van der Waals surface area (Å²) in [5.41, 5.74) is 1.47. The van der Waals surface area contributed by atoms with Gasteiger partial charge in [-0.05, 0) is 117 Å². The van der Waals surface area contributed by atoms with E-state index in [4.69, 9.17) is 4.99 Å². The molecule has 8 heterocycles. The molecule has 0 radical (unpaired) electrons. The summed E-state index contributed by atoms with van der Waals surface area (Å²) in [6.45, 7) is 4.66. The maximum absolute atomic E-state index is 5.27. The first kappa shape index (κ1) is 28.8. The Labute approximate surface area is 254 Å². The van der Waals surface area contributed by atoms with E-state index in [1.54, 1.807) is 0 Å². The van der Waals surface area contributed by atoms with Crippen molar-refractivity contribution >= 4 is 5.71 Å². The molecule has 42 heavy (non-hydrogen) atoms. The van der Waals surface area contributed by atoms with Gasteiger partial charge in [0.2, 0.25) is 0 Å². The van der Waals surface area contributed by atoms with Crippen molar-refractivity contribution < 1.29 is 0 Å². The summed E-state index contributed by atoms with van der Waals surface area (Å²) in [4.78, 5) is 5.27. The van der Waals surface area contributed by atoms with Crippen LogP contribution >= 0.6 is 0 Å². The van der Waals surface area contributed by atoms with E-state index in [1.165, 1.54) is 108 Å². The van der Waals surface area contributed by atoms with Gasteiger partial charge in [0, 0.05) is 90.3 Å². The van der Waals surface area contributed by atoms with Crippen LogP contribution in [0.2, 0.25) is 0 Å². The van der Waals surface area contributed by atoms with Gasteiger partial charge >= 0.3 is 0 Å². The van der Waals surface area contributed by atoms with Crippen LogP contribution in [0, 0.1) is 0 Å². The molecule has 8 rings (SSSR count). The first-order chi connectivity index (χ1) is 20.6. The quantitative estimate of drug-likeness (QED) is 0.249. The maximum atomic E-state index is 5.27.